The fraction of sp³-hybridized carbons (Fsp3) is 0.400. The van der Waals surface area contributed by atoms with E-state index >= 15 is 0 Å². The minimum atomic E-state index is -0.278. The average Bonchev–Trinajstić information content (AvgIpc) is 3.23. The second kappa shape index (κ2) is 6.82. The van der Waals surface area contributed by atoms with Crippen molar-refractivity contribution in [3.05, 3.63) is 60.2 Å². The van der Waals surface area contributed by atoms with Gasteiger partial charge < -0.3 is 9.64 Å². The Hall–Kier alpha value is -2.43. The zero-order chi connectivity index (χ0) is 17.2. The molecule has 2 fully saturated rings. The molecule has 0 N–H and O–H groups in total. The number of halogens is 1. The van der Waals surface area contributed by atoms with Crippen LogP contribution in [-0.4, -0.2) is 34.5 Å². The molecule has 4 nitrogen and oxygen atoms in total. The van der Waals surface area contributed by atoms with Gasteiger partial charge >= 0.3 is 0 Å². The normalized spacial score (nSPS) is 24.5. The minimum Gasteiger partial charge on any atom is -0.491 e. The Kier molecular flexibility index (Phi) is 4.38. The molecule has 1 aliphatic heterocycles. The van der Waals surface area contributed by atoms with E-state index in [1.54, 1.807) is 18.3 Å². The number of fused-ring (bicyclic) bond motifs is 2. The van der Waals surface area contributed by atoms with Gasteiger partial charge in [-0.05, 0) is 61.6 Å². The van der Waals surface area contributed by atoms with Gasteiger partial charge in [-0.1, -0.05) is 6.07 Å². The van der Waals surface area contributed by atoms with Crippen molar-refractivity contribution in [1.82, 2.24) is 9.88 Å². The summed E-state index contributed by atoms with van der Waals surface area (Å²) in [6.45, 7) is 0.459. The summed E-state index contributed by atoms with van der Waals surface area (Å²) in [5, 5.41) is 0. The summed E-state index contributed by atoms with van der Waals surface area (Å²) in [6, 6.07) is 12.1. The number of carbonyl (C=O) groups excluding carboxylic acids is 1. The van der Waals surface area contributed by atoms with E-state index in [0.29, 0.717) is 30.7 Å². The highest BCUT2D eigenvalue weighted by Crippen LogP contribution is 2.42. The Balaban J connectivity index is 1.44. The molecule has 0 radical (unpaired) electrons. The molecule has 1 aromatic heterocycles. The Labute approximate surface area is 146 Å². The van der Waals surface area contributed by atoms with Crippen LogP contribution in [0.15, 0.2) is 48.7 Å². The number of ether oxygens (including phenoxy) is 1. The molecular formula is C20H21FN2O2. The van der Waals surface area contributed by atoms with Crippen molar-refractivity contribution in [3.63, 3.8) is 0 Å². The third-order valence-electron chi connectivity index (χ3n) is 5.32. The van der Waals surface area contributed by atoms with E-state index in [1.807, 2.05) is 23.1 Å². The molecule has 1 aliphatic carbocycles. The number of piperidine rings is 1. The molecule has 2 bridgehead atoms. The first kappa shape index (κ1) is 16.1. The lowest BCUT2D eigenvalue weighted by molar-refractivity contribution is -0.135. The van der Waals surface area contributed by atoms with Crippen LogP contribution in [0.4, 0.5) is 4.39 Å². The molecule has 3 atom stereocenters. The van der Waals surface area contributed by atoms with Crippen molar-refractivity contribution in [2.75, 3.05) is 6.61 Å². The fourth-order valence-electron chi connectivity index (χ4n) is 4.16. The number of hydrogen-bond donors (Lipinski definition) is 0. The molecule has 2 aromatic rings. The van der Waals surface area contributed by atoms with Crippen LogP contribution in [0.25, 0.3) is 0 Å². The molecule has 0 unspecified atom stereocenters. The van der Waals surface area contributed by atoms with Crippen molar-refractivity contribution >= 4 is 5.91 Å². The number of likely N-dealkylation sites (tertiary alicyclic amines) is 1. The standard InChI is InChI=1S/C20H21FN2O2/c21-15-5-8-18(9-6-15)25-13-19-14-4-7-17(11-14)23(19)20(24)12-16-3-1-2-10-22-16/h1-3,5-6,8-10,14,17,19H,4,7,11-13H2/t14-,17-,19+/m1/s1. The zero-order valence-electron chi connectivity index (χ0n) is 14.0. The monoisotopic (exact) mass is 340 g/mol. The predicted molar refractivity (Wildman–Crippen MR) is 91.6 cm³/mol. The molecule has 0 spiro atoms. The summed E-state index contributed by atoms with van der Waals surface area (Å²) in [4.78, 5) is 19.1. The van der Waals surface area contributed by atoms with Gasteiger partial charge in [0.15, 0.2) is 0 Å². The highest BCUT2D eigenvalue weighted by atomic mass is 19.1. The minimum absolute atomic E-state index is 0.0972. The van der Waals surface area contributed by atoms with Crippen LogP contribution in [0.1, 0.15) is 25.0 Å². The molecule has 1 saturated carbocycles. The van der Waals surface area contributed by atoms with Crippen LogP contribution in [0, 0.1) is 11.7 Å². The Morgan fingerprint density at radius 1 is 1.20 bits per heavy atom. The number of nitrogens with zero attached hydrogens (tertiary/aromatic N) is 2. The summed E-state index contributed by atoms with van der Waals surface area (Å²) < 4.78 is 18.9. The van der Waals surface area contributed by atoms with Gasteiger partial charge in [0.05, 0.1) is 12.5 Å². The van der Waals surface area contributed by atoms with E-state index in [2.05, 4.69) is 4.98 Å². The number of benzene rings is 1. The van der Waals surface area contributed by atoms with Crippen molar-refractivity contribution in [2.45, 2.75) is 37.8 Å². The highest BCUT2D eigenvalue weighted by Gasteiger charge is 2.48. The molecule has 130 valence electrons. The molecule has 2 heterocycles. The quantitative estimate of drug-likeness (QED) is 0.839. The second-order valence-corrected chi connectivity index (χ2v) is 6.86. The lowest BCUT2D eigenvalue weighted by Crippen LogP contribution is -2.48. The number of aromatic nitrogens is 1. The largest absolute Gasteiger partial charge is 0.491 e. The molecule has 4 rings (SSSR count). The van der Waals surface area contributed by atoms with E-state index in [4.69, 9.17) is 4.74 Å². The number of hydrogen-bond acceptors (Lipinski definition) is 3. The molecule has 1 amide bonds. The van der Waals surface area contributed by atoms with E-state index in [1.165, 1.54) is 12.1 Å². The lowest BCUT2D eigenvalue weighted by atomic mass is 9.99. The van der Waals surface area contributed by atoms with Crippen LogP contribution in [0.5, 0.6) is 5.75 Å². The first-order valence-electron chi connectivity index (χ1n) is 8.80. The van der Waals surface area contributed by atoms with Gasteiger partial charge in [0.2, 0.25) is 5.91 Å². The summed E-state index contributed by atoms with van der Waals surface area (Å²) in [5.74, 6) is 0.984. The van der Waals surface area contributed by atoms with Gasteiger partial charge in [0, 0.05) is 17.9 Å². The van der Waals surface area contributed by atoms with Gasteiger partial charge in [-0.2, -0.15) is 0 Å². The molecular weight excluding hydrogens is 319 g/mol. The van der Waals surface area contributed by atoms with E-state index in [0.717, 1.165) is 25.0 Å². The van der Waals surface area contributed by atoms with Crippen LogP contribution >= 0.6 is 0 Å². The first-order chi connectivity index (χ1) is 12.2. The number of pyridine rings is 1. The average molecular weight is 340 g/mol. The molecule has 25 heavy (non-hydrogen) atoms. The Morgan fingerprint density at radius 2 is 2.04 bits per heavy atom. The van der Waals surface area contributed by atoms with Crippen LogP contribution in [0.2, 0.25) is 0 Å². The maximum atomic E-state index is 13.0. The third-order valence-corrected chi connectivity index (χ3v) is 5.32. The Bertz CT molecular complexity index is 735. The van der Waals surface area contributed by atoms with E-state index in [9.17, 15) is 9.18 Å². The van der Waals surface area contributed by atoms with Crippen LogP contribution in [0.3, 0.4) is 0 Å². The predicted octanol–water partition coefficient (Wildman–Crippen LogP) is 3.22. The van der Waals surface area contributed by atoms with Gasteiger partial charge in [0.1, 0.15) is 18.2 Å². The van der Waals surface area contributed by atoms with Crippen molar-refractivity contribution in [1.29, 1.82) is 0 Å². The summed E-state index contributed by atoms with van der Waals surface area (Å²) in [5.41, 5.74) is 0.800. The molecule has 2 aliphatic rings. The topological polar surface area (TPSA) is 42.4 Å². The molecule has 1 aromatic carbocycles. The van der Waals surface area contributed by atoms with E-state index < -0.39 is 0 Å². The molecule has 5 heteroatoms. The number of amides is 1. The zero-order valence-corrected chi connectivity index (χ0v) is 14.0. The number of rotatable bonds is 5. The van der Waals surface area contributed by atoms with Gasteiger partial charge in [0.25, 0.3) is 0 Å². The number of carbonyl (C=O) groups is 1. The Morgan fingerprint density at radius 3 is 2.80 bits per heavy atom. The second-order valence-electron chi connectivity index (χ2n) is 6.86. The van der Waals surface area contributed by atoms with Crippen LogP contribution in [-0.2, 0) is 11.2 Å². The summed E-state index contributed by atoms with van der Waals surface area (Å²) >= 11 is 0. The molecule has 1 saturated heterocycles. The van der Waals surface area contributed by atoms with Crippen LogP contribution < -0.4 is 4.74 Å². The fourth-order valence-corrected chi connectivity index (χ4v) is 4.16. The maximum Gasteiger partial charge on any atom is 0.229 e. The van der Waals surface area contributed by atoms with Gasteiger partial charge in [-0.25, -0.2) is 4.39 Å². The van der Waals surface area contributed by atoms with E-state index in [-0.39, 0.29) is 17.8 Å². The summed E-state index contributed by atoms with van der Waals surface area (Å²) in [6.07, 6.45) is 5.33. The SMILES string of the molecule is O=C(Cc1ccccn1)N1[C@@H]2CC[C@H](C2)[C@@H]1COc1ccc(F)cc1. The summed E-state index contributed by atoms with van der Waals surface area (Å²) in [7, 11) is 0. The highest BCUT2D eigenvalue weighted by molar-refractivity contribution is 5.79. The van der Waals surface area contributed by atoms with Gasteiger partial charge in [-0.3, -0.25) is 9.78 Å². The maximum absolute atomic E-state index is 13.0. The first-order valence-corrected chi connectivity index (χ1v) is 8.80. The van der Waals surface area contributed by atoms with Crippen molar-refractivity contribution in [2.24, 2.45) is 5.92 Å². The van der Waals surface area contributed by atoms with Crippen molar-refractivity contribution < 1.29 is 13.9 Å². The lowest BCUT2D eigenvalue weighted by Gasteiger charge is -2.35. The smallest absolute Gasteiger partial charge is 0.229 e. The van der Waals surface area contributed by atoms with Gasteiger partial charge in [-0.15, -0.1) is 0 Å². The van der Waals surface area contributed by atoms with Crippen molar-refractivity contribution in [3.8, 4) is 5.75 Å². The third kappa shape index (κ3) is 3.36.